The lowest BCUT2D eigenvalue weighted by Crippen LogP contribution is -2.28. The molecule has 0 atom stereocenters. The molecule has 5 aromatic carbocycles. The monoisotopic (exact) mass is 580 g/mol. The highest BCUT2D eigenvalue weighted by Crippen LogP contribution is 2.58. The van der Waals surface area contributed by atoms with E-state index in [-0.39, 0.29) is 5.41 Å². The Morgan fingerprint density at radius 3 is 2.18 bits per heavy atom. The number of aromatic nitrogens is 3. The molecule has 0 unspecified atom stereocenters. The maximum Gasteiger partial charge on any atom is 0.187 e. The first-order valence-corrected chi connectivity index (χ1v) is 15.6. The van der Waals surface area contributed by atoms with Gasteiger partial charge in [-0.05, 0) is 59.4 Å². The van der Waals surface area contributed by atoms with E-state index in [9.17, 15) is 0 Å². The van der Waals surface area contributed by atoms with E-state index in [1.54, 1.807) is 0 Å². The zero-order valence-electron chi connectivity index (χ0n) is 24.6. The summed E-state index contributed by atoms with van der Waals surface area (Å²) >= 11 is 0. The van der Waals surface area contributed by atoms with Crippen molar-refractivity contribution in [3.05, 3.63) is 132 Å². The Hall–Kier alpha value is -5.60. The minimum atomic E-state index is -0.0378. The van der Waals surface area contributed by atoms with Gasteiger partial charge < -0.3 is 4.42 Å². The van der Waals surface area contributed by atoms with Crippen LogP contribution in [0.5, 0.6) is 0 Å². The molecule has 0 radical (unpaired) electrons. The Morgan fingerprint density at radius 1 is 0.578 bits per heavy atom. The summed E-state index contributed by atoms with van der Waals surface area (Å²) in [5.74, 6) is 1.85. The number of hydrogen-bond donors (Lipinski definition) is 0. The van der Waals surface area contributed by atoms with Gasteiger partial charge in [0.25, 0.3) is 0 Å². The third-order valence-corrected chi connectivity index (χ3v) is 9.75. The van der Waals surface area contributed by atoms with Gasteiger partial charge in [-0.2, -0.15) is 0 Å². The van der Waals surface area contributed by atoms with Crippen molar-refractivity contribution in [1.29, 1.82) is 0 Å². The van der Waals surface area contributed by atoms with Gasteiger partial charge in [0.15, 0.2) is 23.2 Å². The van der Waals surface area contributed by atoms with E-state index >= 15 is 0 Å². The molecule has 0 amide bonds. The Labute approximate surface area is 261 Å². The number of para-hydroxylation sites is 1. The molecule has 214 valence electrons. The summed E-state index contributed by atoms with van der Waals surface area (Å²) < 4.78 is 6.23. The van der Waals surface area contributed by atoms with Gasteiger partial charge in [-0.3, -0.25) is 0 Å². The highest BCUT2D eigenvalue weighted by atomic mass is 16.3. The molecule has 0 bridgehead atoms. The van der Waals surface area contributed by atoms with Gasteiger partial charge in [0.1, 0.15) is 11.2 Å². The fourth-order valence-electron chi connectivity index (χ4n) is 7.70. The molecule has 0 aliphatic heterocycles. The third kappa shape index (κ3) is 3.96. The van der Waals surface area contributed by atoms with E-state index in [1.807, 2.05) is 60.7 Å². The molecule has 2 aliphatic carbocycles. The molecule has 1 spiro atoms. The lowest BCUT2D eigenvalue weighted by atomic mass is 9.68. The summed E-state index contributed by atoms with van der Waals surface area (Å²) in [4.78, 5) is 19.1. The van der Waals surface area contributed by atoms with Crippen LogP contribution in [0.4, 0.5) is 5.69 Å². The average molecular weight is 581 g/mol. The van der Waals surface area contributed by atoms with Gasteiger partial charge >= 0.3 is 0 Å². The molecule has 5 heteroatoms. The Balaban J connectivity index is 1.29. The van der Waals surface area contributed by atoms with Gasteiger partial charge in [0.2, 0.25) is 0 Å². The van der Waals surface area contributed by atoms with E-state index in [1.165, 1.54) is 30.4 Å². The molecule has 0 N–H and O–H groups in total. The van der Waals surface area contributed by atoms with Gasteiger partial charge in [0.05, 0.1) is 6.57 Å². The molecule has 2 aliphatic rings. The number of hydrogen-bond acceptors (Lipinski definition) is 4. The first kappa shape index (κ1) is 25.9. The van der Waals surface area contributed by atoms with Crippen LogP contribution in [0.2, 0.25) is 0 Å². The number of fused-ring (bicyclic) bond motifs is 8. The second-order valence-electron chi connectivity index (χ2n) is 12.2. The molecule has 2 aromatic heterocycles. The maximum atomic E-state index is 7.77. The normalized spacial score (nSPS) is 14.8. The van der Waals surface area contributed by atoms with Crippen molar-refractivity contribution in [2.24, 2.45) is 0 Å². The van der Waals surface area contributed by atoms with Gasteiger partial charge in [0, 0.05) is 32.9 Å². The quantitative estimate of drug-likeness (QED) is 0.195. The van der Waals surface area contributed by atoms with E-state index in [0.29, 0.717) is 23.2 Å². The fraction of sp³-hybridized carbons (Fsp3) is 0.150. The predicted octanol–water partition coefficient (Wildman–Crippen LogP) is 10.6. The van der Waals surface area contributed by atoms with Gasteiger partial charge in [-0.15, -0.1) is 0 Å². The molecular formula is C40H28N4O. The van der Waals surface area contributed by atoms with E-state index in [4.69, 9.17) is 25.9 Å². The van der Waals surface area contributed by atoms with Crippen LogP contribution in [0.3, 0.4) is 0 Å². The smallest absolute Gasteiger partial charge is 0.187 e. The molecular weight excluding hydrogens is 552 g/mol. The zero-order valence-corrected chi connectivity index (χ0v) is 24.6. The van der Waals surface area contributed by atoms with Crippen LogP contribution >= 0.6 is 0 Å². The van der Waals surface area contributed by atoms with Gasteiger partial charge in [-0.1, -0.05) is 104 Å². The predicted molar refractivity (Wildman–Crippen MR) is 179 cm³/mol. The van der Waals surface area contributed by atoms with Crippen molar-refractivity contribution >= 4 is 27.6 Å². The largest absolute Gasteiger partial charge is 0.456 e. The lowest BCUT2D eigenvalue weighted by molar-refractivity contribution is 0.353. The first-order valence-electron chi connectivity index (χ1n) is 15.6. The van der Waals surface area contributed by atoms with Crippen molar-refractivity contribution < 1.29 is 4.42 Å². The molecule has 9 rings (SSSR count). The van der Waals surface area contributed by atoms with Crippen molar-refractivity contribution in [3.8, 4) is 45.3 Å². The van der Waals surface area contributed by atoms with E-state index < -0.39 is 0 Å². The number of nitrogens with zero attached hydrogens (tertiary/aromatic N) is 4. The minimum absolute atomic E-state index is 0.0378. The Bertz CT molecular complexity index is 2320. The van der Waals surface area contributed by atoms with Crippen LogP contribution in [-0.2, 0) is 5.41 Å². The molecule has 0 saturated heterocycles. The van der Waals surface area contributed by atoms with Crippen LogP contribution < -0.4 is 0 Å². The van der Waals surface area contributed by atoms with E-state index in [2.05, 4.69) is 53.4 Å². The minimum Gasteiger partial charge on any atom is -0.456 e. The maximum absolute atomic E-state index is 7.77. The lowest BCUT2D eigenvalue weighted by Gasteiger charge is -2.36. The topological polar surface area (TPSA) is 56.2 Å². The average Bonchev–Trinajstić information content (AvgIpc) is 3.61. The van der Waals surface area contributed by atoms with Crippen molar-refractivity contribution in [3.63, 3.8) is 0 Å². The summed E-state index contributed by atoms with van der Waals surface area (Å²) in [6.07, 6.45) is 5.89. The van der Waals surface area contributed by atoms with Crippen LogP contribution in [-0.4, -0.2) is 15.0 Å². The second-order valence-corrected chi connectivity index (χ2v) is 12.2. The Morgan fingerprint density at radius 2 is 1.33 bits per heavy atom. The van der Waals surface area contributed by atoms with Crippen molar-refractivity contribution in [1.82, 2.24) is 15.0 Å². The summed E-state index contributed by atoms with van der Waals surface area (Å²) in [7, 11) is 0. The molecule has 1 saturated carbocycles. The van der Waals surface area contributed by atoms with Crippen LogP contribution in [0.25, 0.3) is 72.1 Å². The summed E-state index contributed by atoms with van der Waals surface area (Å²) in [5.41, 5.74) is 10.0. The SMILES string of the molecule is [C-]#[N+]c1ccc2c(c1)-c1c(-c3nc(-c4ccccc4)nc(-c4ccc5c(c4)oc4ccccc45)n3)cccc1C21CCCCC1. The summed E-state index contributed by atoms with van der Waals surface area (Å²) in [6, 6.07) is 37.2. The zero-order chi connectivity index (χ0) is 30.0. The van der Waals surface area contributed by atoms with Crippen LogP contribution in [0, 0.1) is 6.57 Å². The number of furan rings is 1. The van der Waals surface area contributed by atoms with Crippen molar-refractivity contribution in [2.75, 3.05) is 0 Å². The first-order chi connectivity index (χ1) is 22.2. The highest BCUT2D eigenvalue weighted by molar-refractivity contribution is 6.05. The third-order valence-electron chi connectivity index (χ3n) is 9.75. The van der Waals surface area contributed by atoms with Crippen LogP contribution in [0.1, 0.15) is 43.2 Å². The molecule has 5 nitrogen and oxygen atoms in total. The Kier molecular flexibility index (Phi) is 5.73. The highest BCUT2D eigenvalue weighted by Gasteiger charge is 2.44. The molecule has 2 heterocycles. The van der Waals surface area contributed by atoms with Gasteiger partial charge in [-0.25, -0.2) is 19.8 Å². The van der Waals surface area contributed by atoms with Crippen molar-refractivity contribution in [2.45, 2.75) is 37.5 Å². The van der Waals surface area contributed by atoms with Crippen LogP contribution in [0.15, 0.2) is 114 Å². The second kappa shape index (κ2) is 9.97. The summed E-state index contributed by atoms with van der Waals surface area (Å²) in [6.45, 7) is 7.77. The molecule has 45 heavy (non-hydrogen) atoms. The standard InChI is InChI=1S/C40H28N4O/c1-41-27-18-20-32-31(24-27)36-30(14-10-15-33(36)40(32)21-8-3-9-22-40)39-43-37(25-11-4-2-5-12-25)42-38(44-39)26-17-19-29-28-13-6-7-16-34(28)45-35(29)23-26/h2,4-7,10-20,23-24H,3,8-9,21-22H2. The molecule has 7 aromatic rings. The van der Waals surface area contributed by atoms with E-state index in [0.717, 1.165) is 62.6 Å². The number of rotatable bonds is 3. The fourth-order valence-corrected chi connectivity index (χ4v) is 7.70. The number of benzene rings is 5. The summed E-state index contributed by atoms with van der Waals surface area (Å²) in [5, 5.41) is 2.16. The molecule has 1 fully saturated rings.